The summed E-state index contributed by atoms with van der Waals surface area (Å²) in [6.07, 6.45) is -59.3. The Morgan fingerprint density at radius 1 is 0.271 bits per heavy atom. The Bertz CT molecular complexity index is 1770. The number of azide groups is 2. The van der Waals surface area contributed by atoms with Crippen molar-refractivity contribution in [2.24, 2.45) is 10.2 Å². The van der Waals surface area contributed by atoms with Gasteiger partial charge in [-0.2, -0.15) is 0 Å². The van der Waals surface area contributed by atoms with Crippen molar-refractivity contribution in [3.63, 3.8) is 0 Å². The first kappa shape index (κ1) is 55.3. The van der Waals surface area contributed by atoms with Crippen LogP contribution in [0.4, 0.5) is 0 Å². The molecule has 0 aromatic rings. The molecule has 34 nitrogen and oxygen atoms in total. The van der Waals surface area contributed by atoms with Crippen LogP contribution >= 0.6 is 0 Å². The molecular weight excluding hydrogens is 964 g/mol. The summed E-state index contributed by atoms with van der Waals surface area (Å²) in [4.78, 5) is 5.28. The fourth-order valence-electron chi connectivity index (χ4n) is 9.16. The molecule has 0 unspecified atom stereocenters. The second-order valence-corrected chi connectivity index (χ2v) is 17.3. The van der Waals surface area contributed by atoms with Crippen molar-refractivity contribution in [1.29, 1.82) is 0 Å². The van der Waals surface area contributed by atoms with Crippen LogP contribution in [0.25, 0.3) is 20.9 Å². The Morgan fingerprint density at radius 3 is 0.614 bits per heavy atom. The highest BCUT2D eigenvalue weighted by molar-refractivity contribution is 5.01. The topological polar surface area (TPSA) is 532 Å². The van der Waals surface area contributed by atoms with E-state index in [2.05, 4.69) is 20.1 Å². The Balaban J connectivity index is 1.22. The average molecular weight is 1020 g/mol. The molecule has 0 saturated carbocycles. The molecule has 22 fully saturated rings. The number of aliphatic hydroxyl groups excluding tert-OH is 16. The van der Waals surface area contributed by atoms with Gasteiger partial charge in [0.2, 0.25) is 0 Å². The number of ether oxygens (including phenoxy) is 12. The van der Waals surface area contributed by atoms with Crippen LogP contribution < -0.4 is 0 Å². The van der Waals surface area contributed by atoms with E-state index in [0.29, 0.717) is 0 Å². The zero-order chi connectivity index (χ0) is 50.9. The first-order valence-corrected chi connectivity index (χ1v) is 21.9. The number of hydrogen-bond donors (Lipinski definition) is 16. The molecule has 0 aromatic carbocycles. The van der Waals surface area contributed by atoms with Crippen molar-refractivity contribution < 1.29 is 139 Å². The van der Waals surface area contributed by atoms with Crippen molar-refractivity contribution in [2.45, 2.75) is 184 Å². The second-order valence-electron chi connectivity index (χ2n) is 17.3. The summed E-state index contributed by atoms with van der Waals surface area (Å²) in [7, 11) is 0. The van der Waals surface area contributed by atoms with Gasteiger partial charge in [0.15, 0.2) is 37.7 Å². The Hall–Kier alpha value is -2.50. The largest absolute Gasteiger partial charge is 0.394 e. The zero-order valence-electron chi connectivity index (χ0n) is 36.3. The highest BCUT2D eigenvalue weighted by atomic mass is 16.8. The van der Waals surface area contributed by atoms with Crippen LogP contribution in [0.1, 0.15) is 0 Å². The highest BCUT2D eigenvalue weighted by Crippen LogP contribution is 2.38. The van der Waals surface area contributed by atoms with Gasteiger partial charge in [-0.15, -0.1) is 0 Å². The second kappa shape index (κ2) is 23.8. The molecule has 0 aliphatic carbocycles. The number of hydrogen-bond acceptors (Lipinski definition) is 30. The number of nitrogens with zero attached hydrogens (tertiary/aromatic N) is 6. The summed E-state index contributed by atoms with van der Waals surface area (Å²) in [6.45, 7) is -5.50. The van der Waals surface area contributed by atoms with Crippen LogP contribution in [0.3, 0.4) is 0 Å². The summed E-state index contributed by atoms with van der Waals surface area (Å²) in [6, 6.07) is 0. The molecule has 22 aliphatic heterocycles. The van der Waals surface area contributed by atoms with Gasteiger partial charge in [-0.05, 0) is 11.1 Å². The van der Waals surface area contributed by atoms with E-state index in [9.17, 15) is 81.7 Å². The van der Waals surface area contributed by atoms with Crippen LogP contribution in [0, 0.1) is 0 Å². The minimum Gasteiger partial charge on any atom is -0.394 e. The fourth-order valence-corrected chi connectivity index (χ4v) is 9.16. The molecule has 12 bridgehead atoms. The van der Waals surface area contributed by atoms with Crippen LogP contribution in [0.2, 0.25) is 0 Å². The molecule has 0 radical (unpaired) electrons. The van der Waals surface area contributed by atoms with Crippen molar-refractivity contribution in [3.8, 4) is 0 Å². The molecule has 22 aliphatic rings. The van der Waals surface area contributed by atoms with Gasteiger partial charge in [-0.1, -0.05) is 10.2 Å². The molecule has 400 valence electrons. The van der Waals surface area contributed by atoms with E-state index in [0.717, 1.165) is 0 Å². The van der Waals surface area contributed by atoms with Gasteiger partial charge in [0.1, 0.15) is 134 Å². The molecule has 30 atom stereocenters. The van der Waals surface area contributed by atoms with E-state index in [4.69, 9.17) is 67.9 Å². The quantitative estimate of drug-likeness (QED) is 0.0610. The third-order valence-electron chi connectivity index (χ3n) is 13.0. The number of rotatable bonds is 8. The van der Waals surface area contributed by atoms with Crippen molar-refractivity contribution in [3.05, 3.63) is 20.9 Å². The van der Waals surface area contributed by atoms with E-state index < -0.39 is 224 Å². The van der Waals surface area contributed by atoms with E-state index >= 15 is 0 Å². The third-order valence-corrected chi connectivity index (χ3v) is 13.0. The molecule has 34 heteroatoms. The molecule has 0 amide bonds. The highest BCUT2D eigenvalue weighted by Gasteiger charge is 2.58. The molecule has 22 heterocycles. The predicted octanol–water partition coefficient (Wildman–Crippen LogP) is -10.4. The van der Waals surface area contributed by atoms with E-state index in [1.165, 1.54) is 0 Å². The maximum absolute atomic E-state index is 11.4. The maximum Gasteiger partial charge on any atom is 0.187 e. The van der Waals surface area contributed by atoms with Crippen LogP contribution in [-0.4, -0.2) is 305 Å². The summed E-state index contributed by atoms with van der Waals surface area (Å²) >= 11 is 0. The van der Waals surface area contributed by atoms with Gasteiger partial charge >= 0.3 is 0 Å². The van der Waals surface area contributed by atoms with Crippen LogP contribution in [0.15, 0.2) is 10.2 Å². The van der Waals surface area contributed by atoms with E-state index in [1.807, 2.05) is 0 Å². The van der Waals surface area contributed by atoms with Crippen molar-refractivity contribution in [1.82, 2.24) is 0 Å². The molecule has 70 heavy (non-hydrogen) atoms. The normalized spacial score (nSPS) is 52.5. The standard InChI is InChI=1S/C36H58N6O28/c37-41-39-1-7-25-14(48)20(54)32(60-7)67-27-9(3-43)62-34(22(56)16(27)50)69-29-11(5-45)64-36(24(58)18(29)52)70-30-12(6-46)63-35(23(57)17(30)51)68-28-10(4-44)61-33(21(55)15(28)49)66-26-8(2-40-42-38)59-31(65-25)19(53)13(26)47/h7-36,43-58H,1-6H2/t7-,8-,9-,10-,11-,12-,13-,14-,15-,16-,17-,18-,19-,20-,21-,22-,23-,24-,25-,26-,27-,28-,29-,30-,31-,32-,33-,34-,35-,36-/m1/s1. The SMILES string of the molecule is [N-]=[N+]=NC[C@H]1O[C@@H]2O[C@H]3[C@H](O)[C@@H](O)[C@@H](O[C@H]4[C@H](O)[C@@H](O)[C@@H](O[C@H]5[C@H](O)[C@@H](O)[C@@H](O[C@H]6[C@H](O)[C@@H](O)[C@@H](O[C@H]7[C@H](O)[C@@H](O)[C@@H](O[C@H]1[C@H](O)[C@H]2O)O[C@@H]7CO)O[C@@H]6CO)O[C@@H]5CO)O[C@@H]4CO)O[C@@H]3CN=[N+]=[N-]. The molecular formula is C36H58N6O28. The van der Waals surface area contributed by atoms with Crippen LogP contribution in [-0.2, 0) is 56.8 Å². The van der Waals surface area contributed by atoms with E-state index in [-0.39, 0.29) is 0 Å². The lowest BCUT2D eigenvalue weighted by atomic mass is 9.94. The zero-order valence-corrected chi connectivity index (χ0v) is 36.3. The lowest BCUT2D eigenvalue weighted by Crippen LogP contribution is -2.69. The van der Waals surface area contributed by atoms with Gasteiger partial charge < -0.3 is 139 Å². The monoisotopic (exact) mass is 1020 g/mol. The Labute approximate surface area is 393 Å². The molecule has 22 saturated heterocycles. The summed E-state index contributed by atoms with van der Waals surface area (Å²) in [5.41, 5.74) is 18.3. The van der Waals surface area contributed by atoms with Crippen molar-refractivity contribution in [2.75, 3.05) is 39.5 Å². The first-order chi connectivity index (χ1) is 33.4. The van der Waals surface area contributed by atoms with Gasteiger partial charge in [0.25, 0.3) is 0 Å². The maximum atomic E-state index is 11.4. The lowest BCUT2D eigenvalue weighted by molar-refractivity contribution is -0.402. The Morgan fingerprint density at radius 2 is 0.443 bits per heavy atom. The number of aliphatic hydroxyl groups is 16. The van der Waals surface area contributed by atoms with Gasteiger partial charge in [0, 0.05) is 9.82 Å². The fraction of sp³-hybridized carbons (Fsp3) is 1.00. The molecule has 16 N–H and O–H groups in total. The van der Waals surface area contributed by atoms with E-state index in [1.54, 1.807) is 0 Å². The lowest BCUT2D eigenvalue weighted by Gasteiger charge is -2.50. The summed E-state index contributed by atoms with van der Waals surface area (Å²) in [5.74, 6) is 0. The smallest absolute Gasteiger partial charge is 0.187 e. The summed E-state index contributed by atoms with van der Waals surface area (Å²) < 4.78 is 68.7. The molecule has 0 spiro atoms. The third kappa shape index (κ3) is 11.0. The van der Waals surface area contributed by atoms with Crippen molar-refractivity contribution >= 4 is 0 Å². The average Bonchev–Trinajstić information content (AvgIpc) is 3.35. The van der Waals surface area contributed by atoms with Gasteiger partial charge in [-0.25, -0.2) is 0 Å². The van der Waals surface area contributed by atoms with Crippen LogP contribution in [0.5, 0.6) is 0 Å². The Kier molecular flexibility index (Phi) is 18.8. The minimum atomic E-state index is -2.19. The van der Waals surface area contributed by atoms with Gasteiger partial charge in [0.05, 0.1) is 51.7 Å². The first-order valence-electron chi connectivity index (χ1n) is 21.9. The minimum absolute atomic E-state index is 0.712. The summed E-state index contributed by atoms with van der Waals surface area (Å²) in [5, 5.41) is 184. The molecule has 0 aromatic heterocycles. The predicted molar refractivity (Wildman–Crippen MR) is 210 cm³/mol. The van der Waals surface area contributed by atoms with Gasteiger partial charge in [-0.3, -0.25) is 0 Å². The molecule has 22 rings (SSSR count).